The zero-order valence-corrected chi connectivity index (χ0v) is 18.2. The fourth-order valence-corrected chi connectivity index (χ4v) is 3.49. The Hall–Kier alpha value is -3.65. The second-order valence-corrected chi connectivity index (χ2v) is 7.69. The molecule has 0 spiro atoms. The van der Waals surface area contributed by atoms with Crippen molar-refractivity contribution < 1.29 is 14.4 Å². The number of fused-ring (bicyclic) bond motifs is 1. The van der Waals surface area contributed by atoms with Crippen LogP contribution in [-0.4, -0.2) is 54.8 Å². The molecule has 31 heavy (non-hydrogen) atoms. The molecule has 0 unspecified atom stereocenters. The van der Waals surface area contributed by atoms with Crippen LogP contribution in [0.1, 0.15) is 32.9 Å². The van der Waals surface area contributed by atoms with Crippen molar-refractivity contribution in [1.29, 1.82) is 0 Å². The van der Waals surface area contributed by atoms with Gasteiger partial charge < -0.3 is 25.8 Å². The number of nitrogens with one attached hydrogen (secondary N) is 4. The number of nitrogens with zero attached hydrogens (tertiary/aromatic N) is 1. The van der Waals surface area contributed by atoms with E-state index in [4.69, 9.17) is 0 Å². The van der Waals surface area contributed by atoms with Crippen LogP contribution in [0.3, 0.4) is 0 Å². The first-order valence-corrected chi connectivity index (χ1v) is 9.94. The highest BCUT2D eigenvalue weighted by molar-refractivity contribution is 6.35. The number of H-pyrrole nitrogens is 1. The minimum atomic E-state index is -0.330. The fraction of sp³-hybridized carbons (Fsp3) is 0.261. The monoisotopic (exact) mass is 421 g/mol. The van der Waals surface area contributed by atoms with Crippen LogP contribution < -0.4 is 16.0 Å². The Morgan fingerprint density at radius 1 is 1.23 bits per heavy atom. The van der Waals surface area contributed by atoms with E-state index < -0.39 is 0 Å². The molecule has 0 saturated heterocycles. The summed E-state index contributed by atoms with van der Waals surface area (Å²) in [7, 11) is 3.89. The minimum absolute atomic E-state index is 0.150. The van der Waals surface area contributed by atoms with Gasteiger partial charge in [0.05, 0.1) is 11.1 Å². The molecule has 0 radical (unpaired) electrons. The Labute approximate surface area is 181 Å². The third-order valence-corrected chi connectivity index (χ3v) is 5.09. The molecule has 0 saturated carbocycles. The molecule has 1 aromatic carbocycles. The molecule has 2 aromatic rings. The summed E-state index contributed by atoms with van der Waals surface area (Å²) in [4.78, 5) is 42.1. The van der Waals surface area contributed by atoms with Crippen LogP contribution >= 0.6 is 0 Å². The van der Waals surface area contributed by atoms with E-state index in [2.05, 4.69) is 27.5 Å². The highest BCUT2D eigenvalue weighted by atomic mass is 16.2. The van der Waals surface area contributed by atoms with Gasteiger partial charge in [0.1, 0.15) is 0 Å². The Balaban J connectivity index is 1.92. The van der Waals surface area contributed by atoms with Gasteiger partial charge in [0.15, 0.2) is 0 Å². The van der Waals surface area contributed by atoms with Crippen molar-refractivity contribution in [1.82, 2.24) is 15.2 Å². The average molecular weight is 422 g/mol. The largest absolute Gasteiger partial charge is 0.358 e. The van der Waals surface area contributed by atoms with Gasteiger partial charge >= 0.3 is 0 Å². The minimum Gasteiger partial charge on any atom is -0.358 e. The molecule has 8 heteroatoms. The summed E-state index contributed by atoms with van der Waals surface area (Å²) in [5.74, 6) is -0.724. The molecule has 3 amide bonds. The number of amides is 3. The first-order chi connectivity index (χ1) is 14.7. The molecule has 0 fully saturated rings. The molecule has 0 aliphatic carbocycles. The summed E-state index contributed by atoms with van der Waals surface area (Å²) in [5.41, 5.74) is 5.12. The Kier molecular flexibility index (Phi) is 6.41. The lowest BCUT2D eigenvalue weighted by atomic mass is 10.0. The predicted octanol–water partition coefficient (Wildman–Crippen LogP) is 2.54. The normalized spacial score (nSPS) is 13.8. The first-order valence-electron chi connectivity index (χ1n) is 9.94. The quantitative estimate of drug-likeness (QED) is 0.516. The highest BCUT2D eigenvalue weighted by Gasteiger charge is 2.26. The van der Waals surface area contributed by atoms with E-state index in [-0.39, 0.29) is 17.7 Å². The molecule has 3 rings (SSSR count). The Morgan fingerprint density at radius 2 is 1.97 bits per heavy atom. The molecule has 2 heterocycles. The summed E-state index contributed by atoms with van der Waals surface area (Å²) in [6, 6.07) is 5.19. The summed E-state index contributed by atoms with van der Waals surface area (Å²) >= 11 is 0. The van der Waals surface area contributed by atoms with Crippen LogP contribution in [0.25, 0.3) is 11.6 Å². The highest BCUT2D eigenvalue weighted by Crippen LogP contribution is 2.35. The van der Waals surface area contributed by atoms with Crippen molar-refractivity contribution in [3.8, 4) is 0 Å². The zero-order chi connectivity index (χ0) is 22.7. The maximum atomic E-state index is 12.7. The van der Waals surface area contributed by atoms with Crippen LogP contribution in [0.5, 0.6) is 0 Å². The third kappa shape index (κ3) is 4.75. The SMILES string of the molecule is C=CC(=O)Nc1ccc2c(c1)/C(=C/c1[nH]c(C)c(C(=O)NCCN(C)C)c1C)C(=O)N2. The number of rotatable bonds is 7. The van der Waals surface area contributed by atoms with Crippen molar-refractivity contribution in [3.63, 3.8) is 0 Å². The average Bonchev–Trinajstić information content (AvgIpc) is 3.17. The number of aryl methyl sites for hydroxylation is 1. The first kappa shape index (κ1) is 22.0. The molecule has 1 aromatic heterocycles. The van der Waals surface area contributed by atoms with E-state index in [1.54, 1.807) is 24.3 Å². The third-order valence-electron chi connectivity index (χ3n) is 5.09. The van der Waals surface area contributed by atoms with Crippen LogP contribution in [0.2, 0.25) is 0 Å². The van der Waals surface area contributed by atoms with E-state index >= 15 is 0 Å². The van der Waals surface area contributed by atoms with Gasteiger partial charge in [-0.05, 0) is 63.9 Å². The lowest BCUT2D eigenvalue weighted by molar-refractivity contribution is -0.112. The number of aromatic nitrogens is 1. The van der Waals surface area contributed by atoms with Crippen molar-refractivity contribution in [2.24, 2.45) is 0 Å². The Morgan fingerprint density at radius 3 is 2.65 bits per heavy atom. The van der Waals surface area contributed by atoms with Gasteiger partial charge in [0.25, 0.3) is 11.8 Å². The van der Waals surface area contributed by atoms with E-state index in [1.165, 1.54) is 6.08 Å². The second kappa shape index (κ2) is 9.01. The zero-order valence-electron chi connectivity index (χ0n) is 18.2. The van der Waals surface area contributed by atoms with Crippen molar-refractivity contribution in [2.75, 3.05) is 37.8 Å². The molecule has 0 bridgehead atoms. The fourth-order valence-electron chi connectivity index (χ4n) is 3.49. The van der Waals surface area contributed by atoms with E-state index in [0.717, 1.165) is 17.8 Å². The van der Waals surface area contributed by atoms with Crippen LogP contribution in [0, 0.1) is 13.8 Å². The molecule has 8 nitrogen and oxygen atoms in total. The molecule has 1 aliphatic heterocycles. The standard InChI is InChI=1S/C23H27N5O3/c1-6-20(29)26-15-7-8-18-16(11-15)17(22(30)27-18)12-19-13(2)21(14(3)25-19)23(31)24-9-10-28(4)5/h6-8,11-12,25H,1,9-10H2,2-5H3,(H,24,31)(H,26,29)(H,27,30)/b17-12-. The van der Waals surface area contributed by atoms with Gasteiger partial charge in [-0.15, -0.1) is 0 Å². The smallest absolute Gasteiger partial charge is 0.256 e. The van der Waals surface area contributed by atoms with Crippen molar-refractivity contribution in [2.45, 2.75) is 13.8 Å². The Bertz CT molecular complexity index is 1090. The molecule has 1 aliphatic rings. The van der Waals surface area contributed by atoms with Crippen LogP contribution in [0.4, 0.5) is 11.4 Å². The molecular formula is C23H27N5O3. The number of carbonyl (C=O) groups is 3. The van der Waals surface area contributed by atoms with E-state index in [1.807, 2.05) is 32.8 Å². The number of aromatic amines is 1. The summed E-state index contributed by atoms with van der Waals surface area (Å²) in [6.45, 7) is 8.42. The number of anilines is 2. The number of benzene rings is 1. The number of hydrogen-bond acceptors (Lipinski definition) is 4. The summed E-state index contributed by atoms with van der Waals surface area (Å²) < 4.78 is 0. The lowest BCUT2D eigenvalue weighted by Crippen LogP contribution is -2.31. The van der Waals surface area contributed by atoms with Crippen molar-refractivity contribution >= 4 is 40.7 Å². The molecular weight excluding hydrogens is 394 g/mol. The maximum Gasteiger partial charge on any atom is 0.256 e. The molecule has 0 atom stereocenters. The lowest BCUT2D eigenvalue weighted by Gasteiger charge is -2.10. The predicted molar refractivity (Wildman–Crippen MR) is 123 cm³/mol. The van der Waals surface area contributed by atoms with Gasteiger partial charge in [-0.2, -0.15) is 0 Å². The van der Waals surface area contributed by atoms with E-state index in [0.29, 0.717) is 40.3 Å². The van der Waals surface area contributed by atoms with Gasteiger partial charge in [-0.1, -0.05) is 6.58 Å². The number of hydrogen-bond donors (Lipinski definition) is 4. The van der Waals surface area contributed by atoms with Crippen LogP contribution in [-0.2, 0) is 9.59 Å². The molecule has 4 N–H and O–H groups in total. The van der Waals surface area contributed by atoms with Gasteiger partial charge in [-0.3, -0.25) is 14.4 Å². The summed E-state index contributed by atoms with van der Waals surface area (Å²) in [6.07, 6.45) is 2.92. The van der Waals surface area contributed by atoms with Crippen molar-refractivity contribution in [3.05, 3.63) is 58.9 Å². The number of carbonyl (C=O) groups excluding carboxylic acids is 3. The summed E-state index contributed by atoms with van der Waals surface area (Å²) in [5, 5.41) is 8.45. The van der Waals surface area contributed by atoms with Gasteiger partial charge in [0, 0.05) is 41.4 Å². The van der Waals surface area contributed by atoms with Gasteiger partial charge in [0.2, 0.25) is 5.91 Å². The molecule has 162 valence electrons. The second-order valence-electron chi connectivity index (χ2n) is 7.69. The maximum absolute atomic E-state index is 12.7. The van der Waals surface area contributed by atoms with Gasteiger partial charge in [-0.25, -0.2) is 0 Å². The number of likely N-dealkylation sites (N-methyl/N-ethyl adjacent to an activating group) is 1. The topological polar surface area (TPSA) is 106 Å². The van der Waals surface area contributed by atoms with Crippen LogP contribution in [0.15, 0.2) is 30.9 Å². The van der Waals surface area contributed by atoms with E-state index in [9.17, 15) is 14.4 Å².